The first-order valence-electron chi connectivity index (χ1n) is 9.37. The van der Waals surface area contributed by atoms with Crippen molar-refractivity contribution in [2.45, 2.75) is 56.3 Å². The highest BCUT2D eigenvalue weighted by Crippen LogP contribution is 2.41. The highest BCUT2D eigenvalue weighted by Gasteiger charge is 2.39. The van der Waals surface area contributed by atoms with E-state index in [4.69, 9.17) is 0 Å². The number of fused-ring (bicyclic) bond motifs is 1. The molecule has 4 rings (SSSR count). The maximum absolute atomic E-state index is 13.0. The molecule has 0 unspecified atom stereocenters. The summed E-state index contributed by atoms with van der Waals surface area (Å²) in [5.41, 5.74) is 2.62. The third-order valence-corrected chi connectivity index (χ3v) is 8.25. The van der Waals surface area contributed by atoms with E-state index in [1.165, 1.54) is 11.1 Å². The molecule has 136 valence electrons. The van der Waals surface area contributed by atoms with Crippen LogP contribution >= 0.6 is 0 Å². The zero-order valence-corrected chi connectivity index (χ0v) is 15.4. The Hall–Kier alpha value is -1.40. The lowest BCUT2D eigenvalue weighted by atomic mass is 9.73. The van der Waals surface area contributed by atoms with Crippen LogP contribution < -0.4 is 5.32 Å². The quantitative estimate of drug-likeness (QED) is 0.877. The van der Waals surface area contributed by atoms with Crippen LogP contribution in [0.4, 0.5) is 0 Å². The predicted octanol–water partition coefficient (Wildman–Crippen LogP) is 2.25. The first-order valence-corrected chi connectivity index (χ1v) is 10.8. The Morgan fingerprint density at radius 3 is 2.52 bits per heavy atom. The van der Waals surface area contributed by atoms with Gasteiger partial charge in [0, 0.05) is 26.1 Å². The van der Waals surface area contributed by atoms with Crippen molar-refractivity contribution >= 4 is 15.9 Å². The minimum atomic E-state index is -3.41. The number of carbonyl (C=O) groups is 1. The SMILES string of the molecule is O=C1CCC2(CCN1)CCN(S(=O)(=O)c1ccc3c(c1)CCC3)CC2. The van der Waals surface area contributed by atoms with Crippen LogP contribution in [0.1, 0.15) is 49.7 Å². The lowest BCUT2D eigenvalue weighted by Crippen LogP contribution is -2.43. The van der Waals surface area contributed by atoms with Gasteiger partial charge < -0.3 is 5.32 Å². The maximum Gasteiger partial charge on any atom is 0.243 e. The lowest BCUT2D eigenvalue weighted by molar-refractivity contribution is -0.120. The minimum absolute atomic E-state index is 0.128. The van der Waals surface area contributed by atoms with Gasteiger partial charge in [0.1, 0.15) is 0 Å². The van der Waals surface area contributed by atoms with Gasteiger partial charge in [-0.05, 0) is 73.6 Å². The van der Waals surface area contributed by atoms with Gasteiger partial charge >= 0.3 is 0 Å². The van der Waals surface area contributed by atoms with Gasteiger partial charge in [0.2, 0.25) is 15.9 Å². The fourth-order valence-corrected chi connectivity index (χ4v) is 6.11. The largest absolute Gasteiger partial charge is 0.356 e. The van der Waals surface area contributed by atoms with Crippen molar-refractivity contribution < 1.29 is 13.2 Å². The molecule has 2 fully saturated rings. The summed E-state index contributed by atoms with van der Waals surface area (Å²) in [6, 6.07) is 5.65. The van der Waals surface area contributed by atoms with E-state index < -0.39 is 10.0 Å². The Kier molecular flexibility index (Phi) is 4.36. The summed E-state index contributed by atoms with van der Waals surface area (Å²) in [6.45, 7) is 1.84. The molecule has 0 bridgehead atoms. The molecule has 5 nitrogen and oxygen atoms in total. The lowest BCUT2D eigenvalue weighted by Gasteiger charge is -2.40. The number of carbonyl (C=O) groups excluding carboxylic acids is 1. The second-order valence-corrected chi connectivity index (χ2v) is 9.73. The van der Waals surface area contributed by atoms with Crippen molar-refractivity contribution in [1.82, 2.24) is 9.62 Å². The van der Waals surface area contributed by atoms with E-state index in [1.54, 1.807) is 10.4 Å². The Morgan fingerprint density at radius 2 is 1.72 bits per heavy atom. The van der Waals surface area contributed by atoms with Crippen molar-refractivity contribution in [3.05, 3.63) is 29.3 Å². The summed E-state index contributed by atoms with van der Waals surface area (Å²) in [7, 11) is -3.41. The molecule has 1 aliphatic carbocycles. The van der Waals surface area contributed by atoms with Gasteiger partial charge in [-0.3, -0.25) is 4.79 Å². The van der Waals surface area contributed by atoms with E-state index >= 15 is 0 Å². The first-order chi connectivity index (χ1) is 12.0. The van der Waals surface area contributed by atoms with E-state index in [2.05, 4.69) is 5.32 Å². The summed E-state index contributed by atoms with van der Waals surface area (Å²) in [5.74, 6) is 0.130. The molecule has 1 amide bonds. The monoisotopic (exact) mass is 362 g/mol. The van der Waals surface area contributed by atoms with E-state index in [9.17, 15) is 13.2 Å². The fourth-order valence-electron chi connectivity index (χ4n) is 4.62. The summed E-state index contributed by atoms with van der Waals surface area (Å²) < 4.78 is 27.7. The average Bonchev–Trinajstić information content (AvgIpc) is 3.01. The number of nitrogens with zero attached hydrogens (tertiary/aromatic N) is 1. The van der Waals surface area contributed by atoms with Crippen molar-refractivity contribution in [1.29, 1.82) is 0 Å². The van der Waals surface area contributed by atoms with E-state index in [1.807, 2.05) is 12.1 Å². The third kappa shape index (κ3) is 3.22. The Bertz CT molecular complexity index is 780. The molecule has 0 radical (unpaired) electrons. The van der Waals surface area contributed by atoms with Gasteiger partial charge in [-0.15, -0.1) is 0 Å². The summed E-state index contributed by atoms with van der Waals surface area (Å²) in [6.07, 6.45) is 7.29. The van der Waals surface area contributed by atoms with Crippen molar-refractivity contribution in [2.75, 3.05) is 19.6 Å². The molecule has 0 saturated carbocycles. The predicted molar refractivity (Wildman–Crippen MR) is 95.8 cm³/mol. The van der Waals surface area contributed by atoms with Gasteiger partial charge in [-0.2, -0.15) is 4.31 Å². The minimum Gasteiger partial charge on any atom is -0.356 e. The van der Waals surface area contributed by atoms with Crippen LogP contribution in [0.3, 0.4) is 0 Å². The highest BCUT2D eigenvalue weighted by atomic mass is 32.2. The molecule has 2 aliphatic heterocycles. The van der Waals surface area contributed by atoms with Crippen LogP contribution in [0.5, 0.6) is 0 Å². The summed E-state index contributed by atoms with van der Waals surface area (Å²) in [5, 5.41) is 2.94. The van der Waals surface area contributed by atoms with Gasteiger partial charge in [-0.1, -0.05) is 6.07 Å². The first kappa shape index (κ1) is 17.0. The van der Waals surface area contributed by atoms with E-state index in [0.717, 1.165) is 51.5 Å². The topological polar surface area (TPSA) is 66.5 Å². The number of rotatable bonds is 2. The van der Waals surface area contributed by atoms with Crippen LogP contribution in [-0.4, -0.2) is 38.3 Å². The van der Waals surface area contributed by atoms with Crippen molar-refractivity contribution in [3.8, 4) is 0 Å². The molecule has 6 heteroatoms. The third-order valence-electron chi connectivity index (χ3n) is 6.35. The van der Waals surface area contributed by atoms with Crippen molar-refractivity contribution in [2.24, 2.45) is 5.41 Å². The molecule has 1 aromatic carbocycles. The molecule has 0 atom stereocenters. The van der Waals surface area contributed by atoms with Crippen LogP contribution in [0, 0.1) is 5.41 Å². The number of sulfonamides is 1. The summed E-state index contributed by atoms with van der Waals surface area (Å²) in [4.78, 5) is 12.0. The number of benzene rings is 1. The molecule has 1 N–H and O–H groups in total. The Labute approximate surface area is 149 Å². The average molecular weight is 362 g/mol. The maximum atomic E-state index is 13.0. The van der Waals surface area contributed by atoms with E-state index in [-0.39, 0.29) is 11.3 Å². The number of hydrogen-bond acceptors (Lipinski definition) is 3. The van der Waals surface area contributed by atoms with Gasteiger partial charge in [0.25, 0.3) is 0 Å². The van der Waals surface area contributed by atoms with Crippen LogP contribution in [0.2, 0.25) is 0 Å². The number of amides is 1. The zero-order valence-electron chi connectivity index (χ0n) is 14.6. The smallest absolute Gasteiger partial charge is 0.243 e. The molecule has 2 heterocycles. The zero-order chi connectivity index (χ0) is 17.5. The Morgan fingerprint density at radius 1 is 0.960 bits per heavy atom. The highest BCUT2D eigenvalue weighted by molar-refractivity contribution is 7.89. The van der Waals surface area contributed by atoms with Crippen LogP contribution in [-0.2, 0) is 27.7 Å². The molecular formula is C19H26N2O3S. The van der Waals surface area contributed by atoms with Crippen LogP contribution in [0.25, 0.3) is 0 Å². The van der Waals surface area contributed by atoms with E-state index in [0.29, 0.717) is 24.4 Å². The van der Waals surface area contributed by atoms with Crippen molar-refractivity contribution in [3.63, 3.8) is 0 Å². The van der Waals surface area contributed by atoms with Crippen LogP contribution in [0.15, 0.2) is 23.1 Å². The number of piperidine rings is 1. The standard InChI is InChI=1S/C19H26N2O3S/c22-18-6-7-19(8-11-20-18)9-12-21(13-10-19)25(23,24)17-5-4-15-2-1-3-16(15)14-17/h4-5,14H,1-3,6-13H2,(H,20,22). The molecule has 2 saturated heterocycles. The molecular weight excluding hydrogens is 336 g/mol. The molecule has 1 aromatic rings. The summed E-state index contributed by atoms with van der Waals surface area (Å²) >= 11 is 0. The fraction of sp³-hybridized carbons (Fsp3) is 0.632. The second-order valence-electron chi connectivity index (χ2n) is 7.79. The van der Waals surface area contributed by atoms with Gasteiger partial charge in [-0.25, -0.2) is 8.42 Å². The normalized spacial score (nSPS) is 23.9. The second kappa shape index (κ2) is 6.40. The number of nitrogens with one attached hydrogen (secondary N) is 1. The van der Waals surface area contributed by atoms with Gasteiger partial charge in [0.15, 0.2) is 0 Å². The Balaban J connectivity index is 1.49. The molecule has 0 aromatic heterocycles. The molecule has 1 spiro atoms. The number of hydrogen-bond donors (Lipinski definition) is 1. The van der Waals surface area contributed by atoms with Gasteiger partial charge in [0.05, 0.1) is 4.90 Å². The number of aryl methyl sites for hydroxylation is 2. The molecule has 25 heavy (non-hydrogen) atoms. The molecule has 3 aliphatic rings.